The molecule has 0 saturated heterocycles. The van der Waals surface area contributed by atoms with Crippen LogP contribution in [0.15, 0.2) is 0 Å². The first kappa shape index (κ1) is 23.4. The van der Waals surface area contributed by atoms with Crippen LogP contribution in [0.2, 0.25) is 0 Å². The Bertz CT molecular complexity index is 604. The molecule has 0 saturated carbocycles. The first-order chi connectivity index (χ1) is 11.1. The topological polar surface area (TPSA) is 139 Å². The third-order valence-electron chi connectivity index (χ3n) is 3.18. The van der Waals surface area contributed by atoms with Gasteiger partial charge in [-0.25, -0.2) is 9.13 Å². The van der Waals surface area contributed by atoms with Crippen molar-refractivity contribution in [2.24, 2.45) is 5.92 Å². The third-order valence-corrected chi connectivity index (χ3v) is 7.47. The second-order valence-corrected chi connectivity index (χ2v) is 10.1. The second kappa shape index (κ2) is 11.1. The first-order valence-electron chi connectivity index (χ1n) is 6.86. The highest BCUT2D eigenvalue weighted by Gasteiger charge is 2.32. The van der Waals surface area contributed by atoms with Crippen LogP contribution in [-0.4, -0.2) is 60.4 Å². The molecule has 0 aliphatic carbocycles. The third kappa shape index (κ3) is 9.66. The van der Waals surface area contributed by atoms with E-state index in [1.54, 1.807) is 0 Å². The molecule has 0 aliphatic rings. The first-order valence-corrected chi connectivity index (χ1v) is 11.5. The van der Waals surface area contributed by atoms with Gasteiger partial charge in [-0.2, -0.15) is 8.42 Å². The van der Waals surface area contributed by atoms with Crippen molar-refractivity contribution in [1.82, 2.24) is 0 Å². The van der Waals surface area contributed by atoms with Crippen molar-refractivity contribution in [3.63, 3.8) is 0 Å². The van der Waals surface area contributed by atoms with E-state index in [1.807, 2.05) is 0 Å². The minimum atomic E-state index is -3.77. The van der Waals surface area contributed by atoms with Crippen molar-refractivity contribution in [3.05, 3.63) is 0 Å². The molecule has 0 amide bonds. The van der Waals surface area contributed by atoms with Crippen molar-refractivity contribution in [1.29, 1.82) is 0 Å². The molecule has 0 bridgehead atoms. The summed E-state index contributed by atoms with van der Waals surface area (Å²) in [6.45, 7) is -0.160. The number of methoxy groups -OCH3 is 1. The summed E-state index contributed by atoms with van der Waals surface area (Å²) in [5.74, 6) is -2.10. The van der Waals surface area contributed by atoms with E-state index in [1.165, 1.54) is 7.11 Å². The molecule has 2 atom stereocenters. The van der Waals surface area contributed by atoms with E-state index in [2.05, 4.69) is 13.4 Å². The normalized spacial score (nSPS) is 15.5. The maximum Gasteiger partial charge on any atom is 0.468 e. The van der Waals surface area contributed by atoms with Crippen LogP contribution in [0.4, 0.5) is 0 Å². The number of carbonyl (C=O) groups excluding carboxylic acids is 1. The molecule has 0 fully saturated rings. The van der Waals surface area contributed by atoms with Gasteiger partial charge in [-0.1, -0.05) is 0 Å². The van der Waals surface area contributed by atoms with E-state index in [0.717, 1.165) is 14.2 Å². The monoisotopic (exact) mass is 408 g/mol. The summed E-state index contributed by atoms with van der Waals surface area (Å²) in [7, 11) is -6.71. The Hall–Kier alpha value is -0.570. The molecule has 2 unspecified atom stereocenters. The summed E-state index contributed by atoms with van der Waals surface area (Å²) in [6.07, 6.45) is -0.242. The number of ether oxygens (including phenoxy) is 1. The lowest BCUT2D eigenvalue weighted by molar-refractivity contribution is -0.144. The van der Waals surface area contributed by atoms with Crippen molar-refractivity contribution in [2.45, 2.75) is 12.8 Å². The van der Waals surface area contributed by atoms with E-state index < -0.39 is 43.0 Å². The van der Waals surface area contributed by atoms with E-state index in [-0.39, 0.29) is 31.8 Å². The molecular formula is C11H22O10P2S. The summed E-state index contributed by atoms with van der Waals surface area (Å²) in [5.41, 5.74) is 0. The molecule has 13 heteroatoms. The van der Waals surface area contributed by atoms with Crippen molar-refractivity contribution < 1.29 is 44.9 Å². The van der Waals surface area contributed by atoms with Gasteiger partial charge in [-0.05, 0) is 12.8 Å². The molecule has 0 aromatic heterocycles. The Balaban J connectivity index is 4.87. The Morgan fingerprint density at radius 3 is 2.29 bits per heavy atom. The molecular weight excluding hydrogens is 386 g/mol. The SMILES string of the molecule is COC(=O)C(CCS(=O)(=O)OC)CP(=O)(CCCOP(=O)=O)OC. The molecule has 24 heavy (non-hydrogen) atoms. The average Bonchev–Trinajstić information content (AvgIpc) is 2.54. The smallest absolute Gasteiger partial charge is 0.468 e. The predicted molar refractivity (Wildman–Crippen MR) is 84.1 cm³/mol. The molecule has 0 aliphatic heterocycles. The Morgan fingerprint density at radius 2 is 1.83 bits per heavy atom. The quantitative estimate of drug-likeness (QED) is 0.191. The molecule has 142 valence electrons. The van der Waals surface area contributed by atoms with Crippen molar-refractivity contribution in [3.8, 4) is 0 Å². The lowest BCUT2D eigenvalue weighted by atomic mass is 10.1. The zero-order valence-electron chi connectivity index (χ0n) is 13.7. The van der Waals surface area contributed by atoms with Gasteiger partial charge in [-0.3, -0.25) is 18.1 Å². The minimum absolute atomic E-state index is 0.0167. The summed E-state index contributed by atoms with van der Waals surface area (Å²) < 4.78 is 74.2. The fraction of sp³-hybridized carbons (Fsp3) is 0.909. The lowest BCUT2D eigenvalue weighted by Crippen LogP contribution is -2.24. The summed E-state index contributed by atoms with van der Waals surface area (Å²) in [5, 5.41) is 0. The van der Waals surface area contributed by atoms with Crippen LogP contribution in [0.1, 0.15) is 12.8 Å². The van der Waals surface area contributed by atoms with Gasteiger partial charge in [0, 0.05) is 19.4 Å². The van der Waals surface area contributed by atoms with Gasteiger partial charge in [0.2, 0.25) is 7.37 Å². The fourth-order valence-electron chi connectivity index (χ4n) is 1.86. The van der Waals surface area contributed by atoms with Gasteiger partial charge < -0.3 is 9.26 Å². The maximum absolute atomic E-state index is 12.6. The molecule has 0 heterocycles. The van der Waals surface area contributed by atoms with Gasteiger partial charge in [0.15, 0.2) is 0 Å². The van der Waals surface area contributed by atoms with E-state index >= 15 is 0 Å². The highest BCUT2D eigenvalue weighted by molar-refractivity contribution is 7.86. The van der Waals surface area contributed by atoms with Crippen LogP contribution in [-0.2, 0) is 46.6 Å². The number of carbonyl (C=O) groups is 1. The zero-order chi connectivity index (χ0) is 18.8. The summed E-state index contributed by atoms with van der Waals surface area (Å²) >= 11 is 0. The van der Waals surface area contributed by atoms with Crippen LogP contribution in [0, 0.1) is 5.92 Å². The predicted octanol–water partition coefficient (Wildman–Crippen LogP) is 1.56. The average molecular weight is 408 g/mol. The minimum Gasteiger partial charge on any atom is -0.469 e. The Morgan fingerprint density at radius 1 is 1.21 bits per heavy atom. The number of rotatable bonds is 13. The Kier molecular flexibility index (Phi) is 10.9. The standard InChI is InChI=1S/C11H22O10P2S/c1-18-11(12)10(5-8-24(16,17)20-3)9-23(15,19-2)7-4-6-21-22(13)14/h10H,4-9H2,1-3H3. The Labute approximate surface area is 141 Å². The van der Waals surface area contributed by atoms with Crippen LogP contribution in [0.5, 0.6) is 0 Å². The van der Waals surface area contributed by atoms with E-state index in [4.69, 9.17) is 4.52 Å². The van der Waals surface area contributed by atoms with Crippen LogP contribution < -0.4 is 0 Å². The van der Waals surface area contributed by atoms with E-state index in [9.17, 15) is 26.9 Å². The molecule has 0 N–H and O–H groups in total. The largest absolute Gasteiger partial charge is 0.469 e. The fourth-order valence-corrected chi connectivity index (χ4v) is 5.00. The number of esters is 1. The van der Waals surface area contributed by atoms with Crippen LogP contribution in [0.3, 0.4) is 0 Å². The number of hydrogen-bond donors (Lipinski definition) is 0. The maximum atomic E-state index is 12.6. The van der Waals surface area contributed by atoms with Crippen molar-refractivity contribution in [2.75, 3.05) is 46.0 Å². The molecule has 0 radical (unpaired) electrons. The second-order valence-electron chi connectivity index (χ2n) is 4.75. The van der Waals surface area contributed by atoms with Gasteiger partial charge in [0.1, 0.15) is 0 Å². The van der Waals surface area contributed by atoms with Crippen molar-refractivity contribution >= 4 is 31.4 Å². The lowest BCUT2D eigenvalue weighted by Gasteiger charge is -2.21. The molecule has 0 aromatic carbocycles. The van der Waals surface area contributed by atoms with Gasteiger partial charge in [0.05, 0.1) is 32.5 Å². The summed E-state index contributed by atoms with van der Waals surface area (Å²) in [4.78, 5) is 11.8. The molecule has 0 rings (SSSR count). The highest BCUT2D eigenvalue weighted by atomic mass is 32.2. The van der Waals surface area contributed by atoms with Gasteiger partial charge in [0.25, 0.3) is 10.1 Å². The zero-order valence-corrected chi connectivity index (χ0v) is 16.3. The highest BCUT2D eigenvalue weighted by Crippen LogP contribution is 2.49. The van der Waals surface area contributed by atoms with Gasteiger partial charge >= 0.3 is 13.9 Å². The van der Waals surface area contributed by atoms with E-state index in [0.29, 0.717) is 0 Å². The van der Waals surface area contributed by atoms with Gasteiger partial charge in [-0.15, -0.1) is 0 Å². The molecule has 0 aromatic rings. The summed E-state index contributed by atoms with van der Waals surface area (Å²) in [6, 6.07) is 0. The van der Waals surface area contributed by atoms with Crippen LogP contribution in [0.25, 0.3) is 0 Å². The number of hydrogen-bond acceptors (Lipinski definition) is 10. The molecule has 0 spiro atoms. The molecule has 10 nitrogen and oxygen atoms in total. The van der Waals surface area contributed by atoms with Crippen LogP contribution >= 0.6 is 15.3 Å².